The Kier molecular flexibility index (Phi) is 6.16. The number of para-hydroxylation sites is 1. The molecule has 0 aliphatic rings. The number of hydrogen-bond donors (Lipinski definition) is 1. The Morgan fingerprint density at radius 2 is 1.89 bits per heavy atom. The Hall–Kier alpha value is -1.06. The van der Waals surface area contributed by atoms with Crippen molar-refractivity contribution in [2.75, 3.05) is 33.9 Å². The summed E-state index contributed by atoms with van der Waals surface area (Å²) in [5, 5.41) is 3.20. The zero-order valence-electron chi connectivity index (χ0n) is 12.0. The van der Waals surface area contributed by atoms with Crippen LogP contribution in [0.4, 0.5) is 0 Å². The maximum atomic E-state index is 5.80. The van der Waals surface area contributed by atoms with E-state index in [9.17, 15) is 0 Å². The first kappa shape index (κ1) is 15.0. The van der Waals surface area contributed by atoms with Gasteiger partial charge < -0.3 is 14.8 Å². The average molecular weight is 251 g/mol. The predicted octanol–water partition coefficient (Wildman–Crippen LogP) is 2.60. The molecule has 0 spiro atoms. The average Bonchev–Trinajstić information content (AvgIpc) is 2.37. The highest BCUT2D eigenvalue weighted by Gasteiger charge is 2.23. The van der Waals surface area contributed by atoms with Crippen LogP contribution in [0.25, 0.3) is 0 Å². The fourth-order valence-electron chi connectivity index (χ4n) is 1.96. The molecule has 0 aliphatic heterocycles. The minimum atomic E-state index is 0.104. The first-order valence-corrected chi connectivity index (χ1v) is 6.47. The van der Waals surface area contributed by atoms with Crippen LogP contribution < -0.4 is 10.1 Å². The summed E-state index contributed by atoms with van der Waals surface area (Å²) >= 11 is 0. The summed E-state index contributed by atoms with van der Waals surface area (Å²) in [6.45, 7) is 6.71. The van der Waals surface area contributed by atoms with Gasteiger partial charge in [0.15, 0.2) is 0 Å². The molecule has 1 aromatic carbocycles. The number of rotatable bonds is 8. The fourth-order valence-corrected chi connectivity index (χ4v) is 1.96. The van der Waals surface area contributed by atoms with E-state index in [0.29, 0.717) is 13.2 Å². The summed E-state index contributed by atoms with van der Waals surface area (Å²) in [5.74, 6) is 0.968. The lowest BCUT2D eigenvalue weighted by molar-refractivity contribution is 0.145. The summed E-state index contributed by atoms with van der Waals surface area (Å²) in [7, 11) is 3.67. The molecule has 0 heterocycles. The summed E-state index contributed by atoms with van der Waals surface area (Å²) in [5.41, 5.74) is 1.36. The van der Waals surface area contributed by atoms with Gasteiger partial charge in [0.25, 0.3) is 0 Å². The van der Waals surface area contributed by atoms with Gasteiger partial charge in [-0.3, -0.25) is 0 Å². The maximum Gasteiger partial charge on any atom is 0.123 e. The van der Waals surface area contributed by atoms with Gasteiger partial charge >= 0.3 is 0 Å². The molecule has 0 saturated carbocycles. The van der Waals surface area contributed by atoms with E-state index in [0.717, 1.165) is 18.7 Å². The van der Waals surface area contributed by atoms with E-state index in [1.54, 1.807) is 7.11 Å². The molecule has 1 rings (SSSR count). The number of methoxy groups -OCH3 is 1. The molecule has 0 amide bonds. The standard InChI is InChI=1S/C15H25NO2/c1-15(2,9-10-16-3)13-7-5-6-8-14(13)18-12-11-17-4/h5-8,16H,9-12H2,1-4H3. The van der Waals surface area contributed by atoms with E-state index in [1.807, 2.05) is 19.2 Å². The van der Waals surface area contributed by atoms with Crippen LogP contribution in [0.2, 0.25) is 0 Å². The van der Waals surface area contributed by atoms with Crippen LogP contribution in [0.3, 0.4) is 0 Å². The third kappa shape index (κ3) is 4.31. The van der Waals surface area contributed by atoms with Gasteiger partial charge in [-0.05, 0) is 37.1 Å². The van der Waals surface area contributed by atoms with Gasteiger partial charge in [0.1, 0.15) is 12.4 Å². The molecule has 3 nitrogen and oxygen atoms in total. The van der Waals surface area contributed by atoms with Crippen LogP contribution in [0.5, 0.6) is 5.75 Å². The highest BCUT2D eigenvalue weighted by atomic mass is 16.5. The topological polar surface area (TPSA) is 30.5 Å². The van der Waals surface area contributed by atoms with E-state index in [2.05, 4.69) is 31.3 Å². The zero-order chi connectivity index (χ0) is 13.4. The van der Waals surface area contributed by atoms with Crippen molar-refractivity contribution in [1.29, 1.82) is 0 Å². The van der Waals surface area contributed by atoms with E-state index in [1.165, 1.54) is 5.56 Å². The van der Waals surface area contributed by atoms with E-state index >= 15 is 0 Å². The summed E-state index contributed by atoms with van der Waals surface area (Å²) in [6.07, 6.45) is 1.08. The first-order chi connectivity index (χ1) is 8.61. The van der Waals surface area contributed by atoms with Gasteiger partial charge in [0.2, 0.25) is 0 Å². The molecular weight excluding hydrogens is 226 g/mol. The molecule has 0 aromatic heterocycles. The molecule has 0 fully saturated rings. The van der Waals surface area contributed by atoms with Crippen molar-refractivity contribution in [2.24, 2.45) is 0 Å². The first-order valence-electron chi connectivity index (χ1n) is 6.47. The Labute approximate surface area is 110 Å². The molecule has 0 aliphatic carbocycles. The molecule has 1 aromatic rings. The highest BCUT2D eigenvalue weighted by molar-refractivity contribution is 5.38. The summed E-state index contributed by atoms with van der Waals surface area (Å²) in [4.78, 5) is 0. The number of nitrogens with one attached hydrogen (secondary N) is 1. The minimum Gasteiger partial charge on any atom is -0.491 e. The second kappa shape index (κ2) is 7.39. The molecule has 102 valence electrons. The van der Waals surface area contributed by atoms with Crippen LogP contribution in [-0.2, 0) is 10.2 Å². The van der Waals surface area contributed by atoms with Gasteiger partial charge in [0.05, 0.1) is 6.61 Å². The van der Waals surface area contributed by atoms with Crippen LogP contribution >= 0.6 is 0 Å². The lowest BCUT2D eigenvalue weighted by atomic mass is 9.81. The second-order valence-electron chi connectivity index (χ2n) is 5.07. The van der Waals surface area contributed by atoms with Crippen LogP contribution in [0.15, 0.2) is 24.3 Å². The Morgan fingerprint density at radius 3 is 2.56 bits per heavy atom. The molecule has 3 heteroatoms. The number of benzene rings is 1. The minimum absolute atomic E-state index is 0.104. The SMILES string of the molecule is CNCCC(C)(C)c1ccccc1OCCOC. The van der Waals surface area contributed by atoms with E-state index < -0.39 is 0 Å². The van der Waals surface area contributed by atoms with Crippen molar-refractivity contribution >= 4 is 0 Å². The van der Waals surface area contributed by atoms with E-state index in [-0.39, 0.29) is 5.41 Å². The maximum absolute atomic E-state index is 5.80. The molecule has 1 N–H and O–H groups in total. The monoisotopic (exact) mass is 251 g/mol. The lowest BCUT2D eigenvalue weighted by Crippen LogP contribution is -2.24. The summed E-state index contributed by atoms with van der Waals surface area (Å²) in [6, 6.07) is 8.27. The quantitative estimate of drug-likeness (QED) is 0.720. The Bertz CT molecular complexity index is 350. The van der Waals surface area contributed by atoms with Crippen molar-refractivity contribution in [1.82, 2.24) is 5.32 Å². The summed E-state index contributed by atoms with van der Waals surface area (Å²) < 4.78 is 10.8. The van der Waals surface area contributed by atoms with Gasteiger partial charge in [-0.1, -0.05) is 32.0 Å². The van der Waals surface area contributed by atoms with E-state index in [4.69, 9.17) is 9.47 Å². The highest BCUT2D eigenvalue weighted by Crippen LogP contribution is 2.33. The molecule has 0 bridgehead atoms. The van der Waals surface area contributed by atoms with Crippen molar-refractivity contribution in [3.8, 4) is 5.75 Å². The Morgan fingerprint density at radius 1 is 1.17 bits per heavy atom. The van der Waals surface area contributed by atoms with Gasteiger partial charge in [0, 0.05) is 7.11 Å². The molecular formula is C15H25NO2. The third-order valence-electron chi connectivity index (χ3n) is 3.16. The zero-order valence-corrected chi connectivity index (χ0v) is 12.0. The fraction of sp³-hybridized carbons (Fsp3) is 0.600. The van der Waals surface area contributed by atoms with Crippen molar-refractivity contribution < 1.29 is 9.47 Å². The van der Waals surface area contributed by atoms with Gasteiger partial charge in [-0.25, -0.2) is 0 Å². The predicted molar refractivity (Wildman–Crippen MR) is 75.4 cm³/mol. The largest absolute Gasteiger partial charge is 0.491 e. The number of ether oxygens (including phenoxy) is 2. The van der Waals surface area contributed by atoms with Crippen LogP contribution in [0, 0.1) is 0 Å². The van der Waals surface area contributed by atoms with Gasteiger partial charge in [-0.15, -0.1) is 0 Å². The van der Waals surface area contributed by atoms with Crippen LogP contribution in [-0.4, -0.2) is 33.9 Å². The smallest absolute Gasteiger partial charge is 0.123 e. The Balaban J connectivity index is 2.79. The normalized spacial score (nSPS) is 11.6. The van der Waals surface area contributed by atoms with Crippen LogP contribution in [0.1, 0.15) is 25.8 Å². The van der Waals surface area contributed by atoms with Gasteiger partial charge in [-0.2, -0.15) is 0 Å². The molecule has 0 radical (unpaired) electrons. The molecule has 0 saturated heterocycles. The second-order valence-corrected chi connectivity index (χ2v) is 5.07. The molecule has 0 atom stereocenters. The van der Waals surface area contributed by atoms with Crippen molar-refractivity contribution in [3.05, 3.63) is 29.8 Å². The number of hydrogen-bond acceptors (Lipinski definition) is 3. The lowest BCUT2D eigenvalue weighted by Gasteiger charge is -2.27. The molecule has 0 unspecified atom stereocenters. The third-order valence-corrected chi connectivity index (χ3v) is 3.16. The van der Waals surface area contributed by atoms with Crippen molar-refractivity contribution in [3.63, 3.8) is 0 Å². The molecule has 18 heavy (non-hydrogen) atoms. The van der Waals surface area contributed by atoms with Crippen molar-refractivity contribution in [2.45, 2.75) is 25.7 Å².